The van der Waals surface area contributed by atoms with Crippen LogP contribution in [0.2, 0.25) is 0 Å². The number of hydrogen-bond acceptors (Lipinski definition) is 6. The molecule has 0 aliphatic heterocycles. The number of hydrogen-bond donors (Lipinski definition) is 0. The molecule has 0 fully saturated rings. The average molecular weight is 374 g/mol. The molecule has 9 heteroatoms. The molecule has 0 aliphatic carbocycles. The molecule has 0 spiro atoms. The second-order valence-electron chi connectivity index (χ2n) is 3.82. The fourth-order valence-corrected chi connectivity index (χ4v) is 1.77. The van der Waals surface area contributed by atoms with Crippen molar-refractivity contribution in [2.75, 3.05) is 0 Å². The van der Waals surface area contributed by atoms with Crippen LogP contribution >= 0.6 is 0 Å². The molecular weight excluding hydrogens is 369 g/mol. The van der Waals surface area contributed by atoms with Gasteiger partial charge in [-0.1, -0.05) is 12.1 Å². The molecular formula is C13H5K3O6. The Hall–Kier alpha value is 2.02. The summed E-state index contributed by atoms with van der Waals surface area (Å²) in [6.45, 7) is 0. The smallest absolute Gasteiger partial charge is 0.545 e. The van der Waals surface area contributed by atoms with Crippen molar-refractivity contribution in [3.05, 3.63) is 47.0 Å². The van der Waals surface area contributed by atoms with E-state index in [-0.39, 0.29) is 176 Å². The van der Waals surface area contributed by atoms with E-state index in [1.165, 1.54) is 18.2 Å². The minimum atomic E-state index is -1.61. The molecule has 22 heavy (non-hydrogen) atoms. The van der Waals surface area contributed by atoms with E-state index >= 15 is 0 Å². The Labute approximate surface area is 253 Å². The first-order valence-electron chi connectivity index (χ1n) is 5.12. The summed E-state index contributed by atoms with van der Waals surface area (Å²) in [5.74, 6) is -4.60. The molecule has 0 amide bonds. The predicted octanol–water partition coefficient (Wildman–Crippen LogP) is -11.1. The van der Waals surface area contributed by atoms with E-state index in [1.807, 2.05) is 0 Å². The van der Waals surface area contributed by atoms with E-state index in [2.05, 4.69) is 0 Å². The zero-order valence-corrected chi connectivity index (χ0v) is 21.7. The Kier molecular flexibility index (Phi) is 13.8. The van der Waals surface area contributed by atoms with E-state index in [4.69, 9.17) is 0 Å². The molecule has 2 aromatic carbocycles. The van der Waals surface area contributed by atoms with Crippen molar-refractivity contribution >= 4 is 28.7 Å². The number of carbonyl (C=O) groups is 3. The van der Waals surface area contributed by atoms with E-state index < -0.39 is 23.5 Å². The number of benzene rings is 2. The van der Waals surface area contributed by atoms with Crippen LogP contribution in [0.15, 0.2) is 30.3 Å². The Bertz CT molecular complexity index is 729. The van der Waals surface area contributed by atoms with Crippen molar-refractivity contribution in [3.8, 4) is 0 Å². The van der Waals surface area contributed by atoms with Crippen molar-refractivity contribution in [2.24, 2.45) is 0 Å². The van der Waals surface area contributed by atoms with Crippen LogP contribution in [0.1, 0.15) is 31.1 Å². The summed E-state index contributed by atoms with van der Waals surface area (Å²) in [6.07, 6.45) is 0. The fraction of sp³-hybridized carbons (Fsp3) is 0. The molecule has 0 aliphatic rings. The van der Waals surface area contributed by atoms with Gasteiger partial charge >= 0.3 is 154 Å². The molecule has 2 rings (SSSR count). The van der Waals surface area contributed by atoms with Crippen LogP contribution in [0.25, 0.3) is 10.8 Å². The van der Waals surface area contributed by atoms with Crippen LogP contribution in [0, 0.1) is 0 Å². The Morgan fingerprint density at radius 1 is 0.682 bits per heavy atom. The van der Waals surface area contributed by atoms with Crippen LogP contribution in [-0.4, -0.2) is 17.9 Å². The van der Waals surface area contributed by atoms with Gasteiger partial charge in [-0.2, -0.15) is 0 Å². The van der Waals surface area contributed by atoms with Crippen molar-refractivity contribution in [1.29, 1.82) is 0 Å². The number of aromatic carboxylic acids is 3. The van der Waals surface area contributed by atoms with Crippen molar-refractivity contribution in [1.82, 2.24) is 0 Å². The Balaban J connectivity index is 0. The van der Waals surface area contributed by atoms with Gasteiger partial charge in [0.2, 0.25) is 0 Å². The van der Waals surface area contributed by atoms with Gasteiger partial charge in [0.15, 0.2) is 0 Å². The van der Waals surface area contributed by atoms with Gasteiger partial charge < -0.3 is 29.7 Å². The maximum Gasteiger partial charge on any atom is 1.00 e. The van der Waals surface area contributed by atoms with Gasteiger partial charge in [-0.25, -0.2) is 0 Å². The van der Waals surface area contributed by atoms with Gasteiger partial charge in [0.25, 0.3) is 0 Å². The zero-order valence-electron chi connectivity index (χ0n) is 12.3. The fourth-order valence-electron chi connectivity index (χ4n) is 1.77. The molecule has 0 saturated heterocycles. The first kappa shape index (κ1) is 26.3. The third kappa shape index (κ3) is 6.39. The summed E-state index contributed by atoms with van der Waals surface area (Å²) in [7, 11) is 0. The SMILES string of the molecule is O=C([O-])c1cc(C(=O)[O-])c2cc(C(=O)[O-])ccc2c1.[K+].[K+].[K+]. The molecule has 0 unspecified atom stereocenters. The number of carbonyl (C=O) groups excluding carboxylic acids is 3. The van der Waals surface area contributed by atoms with Gasteiger partial charge in [-0.05, 0) is 40.1 Å². The van der Waals surface area contributed by atoms with Gasteiger partial charge in [-0.3, -0.25) is 0 Å². The van der Waals surface area contributed by atoms with E-state index in [9.17, 15) is 29.7 Å². The summed E-state index contributed by atoms with van der Waals surface area (Å²) < 4.78 is 0. The molecule has 0 N–H and O–H groups in total. The second-order valence-corrected chi connectivity index (χ2v) is 3.82. The molecule has 6 nitrogen and oxygen atoms in total. The maximum absolute atomic E-state index is 11.0. The Morgan fingerprint density at radius 2 is 1.23 bits per heavy atom. The normalized spacial score (nSPS) is 8.91. The summed E-state index contributed by atoms with van der Waals surface area (Å²) in [4.78, 5) is 32.5. The van der Waals surface area contributed by atoms with Gasteiger partial charge in [0.05, 0.1) is 17.9 Å². The molecule has 0 saturated carbocycles. The summed E-state index contributed by atoms with van der Waals surface area (Å²) in [6, 6.07) is 5.63. The molecule has 0 radical (unpaired) electrons. The monoisotopic (exact) mass is 374 g/mol. The van der Waals surface area contributed by atoms with E-state index in [0.717, 1.165) is 12.1 Å². The first-order valence-corrected chi connectivity index (χ1v) is 5.12. The molecule has 0 atom stereocenters. The zero-order chi connectivity index (χ0) is 14.2. The molecule has 0 heterocycles. The van der Waals surface area contributed by atoms with Crippen LogP contribution in [0.5, 0.6) is 0 Å². The molecule has 2 aromatic rings. The minimum absolute atomic E-state index is 0. The van der Waals surface area contributed by atoms with Crippen LogP contribution in [-0.2, 0) is 0 Å². The van der Waals surface area contributed by atoms with Crippen molar-refractivity contribution in [3.63, 3.8) is 0 Å². The number of carboxylic acids is 3. The third-order valence-electron chi connectivity index (χ3n) is 2.65. The van der Waals surface area contributed by atoms with Crippen LogP contribution in [0.3, 0.4) is 0 Å². The minimum Gasteiger partial charge on any atom is -0.545 e. The topological polar surface area (TPSA) is 120 Å². The quantitative estimate of drug-likeness (QED) is 0.492. The summed E-state index contributed by atoms with van der Waals surface area (Å²) in [5, 5.41) is 32.8. The number of fused-ring (bicyclic) bond motifs is 1. The van der Waals surface area contributed by atoms with E-state index in [1.54, 1.807) is 0 Å². The maximum atomic E-state index is 11.0. The second kappa shape index (κ2) is 11.6. The standard InChI is InChI=1S/C13H8O6.3K/c14-11(15)7-2-1-6-3-8(12(16)17)5-10(13(18)19)9(6)4-7;;;/h1-5H,(H,14,15)(H,16,17)(H,18,19);;;/q;3*+1/p-3. The van der Waals surface area contributed by atoms with Crippen molar-refractivity contribution in [2.45, 2.75) is 0 Å². The molecule has 0 aromatic heterocycles. The number of carboxylic acid groups (broad SMARTS) is 3. The van der Waals surface area contributed by atoms with Crippen molar-refractivity contribution < 1.29 is 184 Å². The third-order valence-corrected chi connectivity index (χ3v) is 2.65. The van der Waals surface area contributed by atoms with Gasteiger partial charge in [-0.15, -0.1) is 0 Å². The van der Waals surface area contributed by atoms with E-state index in [0.29, 0.717) is 0 Å². The van der Waals surface area contributed by atoms with Crippen LogP contribution < -0.4 is 169 Å². The van der Waals surface area contributed by atoms with Gasteiger partial charge in [0.1, 0.15) is 0 Å². The summed E-state index contributed by atoms with van der Waals surface area (Å²) >= 11 is 0. The largest absolute Gasteiger partial charge is 1.00 e. The van der Waals surface area contributed by atoms with Gasteiger partial charge in [0, 0.05) is 5.56 Å². The summed E-state index contributed by atoms with van der Waals surface area (Å²) in [5.41, 5.74) is -0.955. The average Bonchev–Trinajstić information content (AvgIpc) is 2.36. The Morgan fingerprint density at radius 3 is 1.68 bits per heavy atom. The predicted molar refractivity (Wildman–Crippen MR) is 56.9 cm³/mol. The number of rotatable bonds is 3. The van der Waals surface area contributed by atoms with Crippen LogP contribution in [0.4, 0.5) is 0 Å². The molecule has 0 bridgehead atoms. The first-order chi connectivity index (χ1) is 8.90. The molecule has 96 valence electrons.